The number of halogens is 1. The molecule has 0 fully saturated rings. The molecule has 2 heteroatoms. The zero-order valence-electron chi connectivity index (χ0n) is 28.5. The lowest BCUT2D eigenvalue weighted by Gasteiger charge is -2.27. The van der Waals surface area contributed by atoms with Crippen molar-refractivity contribution in [2.24, 2.45) is 0 Å². The molecule has 9 aromatic carbocycles. The van der Waals surface area contributed by atoms with Gasteiger partial charge in [0, 0.05) is 21.5 Å². The van der Waals surface area contributed by atoms with Crippen LogP contribution < -0.4 is 4.90 Å². The van der Waals surface area contributed by atoms with Crippen LogP contribution in [-0.4, -0.2) is 0 Å². The first-order valence-corrected chi connectivity index (χ1v) is 18.4. The highest BCUT2D eigenvalue weighted by atomic mass is 79.9. The van der Waals surface area contributed by atoms with E-state index in [2.05, 4.69) is 227 Å². The fraction of sp³-hybridized carbons (Fsp3) is 0. The van der Waals surface area contributed by atoms with E-state index in [1.165, 1.54) is 60.5 Å². The van der Waals surface area contributed by atoms with E-state index in [1.807, 2.05) is 0 Å². The van der Waals surface area contributed by atoms with Crippen molar-refractivity contribution in [1.29, 1.82) is 0 Å². The summed E-state index contributed by atoms with van der Waals surface area (Å²) in [6, 6.07) is 74.2. The summed E-state index contributed by atoms with van der Waals surface area (Å²) in [5, 5.41) is 5.01. The van der Waals surface area contributed by atoms with Crippen molar-refractivity contribution in [2.45, 2.75) is 0 Å². The molecule has 0 unspecified atom stereocenters. The van der Waals surface area contributed by atoms with Crippen LogP contribution in [0.3, 0.4) is 0 Å². The van der Waals surface area contributed by atoms with Crippen LogP contribution in [0.1, 0.15) is 0 Å². The number of benzene rings is 9. The minimum atomic E-state index is 1.05. The molecule has 0 spiro atoms. The van der Waals surface area contributed by atoms with E-state index >= 15 is 0 Å². The maximum atomic E-state index is 3.93. The fourth-order valence-electron chi connectivity index (χ4n) is 7.43. The highest BCUT2D eigenvalue weighted by Crippen LogP contribution is 2.43. The largest absolute Gasteiger partial charge is 0.310 e. The molecule has 0 saturated carbocycles. The van der Waals surface area contributed by atoms with Crippen molar-refractivity contribution in [3.63, 3.8) is 0 Å². The lowest BCUT2D eigenvalue weighted by molar-refractivity contribution is 1.28. The van der Waals surface area contributed by atoms with E-state index in [1.54, 1.807) is 0 Å². The van der Waals surface area contributed by atoms with Gasteiger partial charge in [-0.15, -0.1) is 0 Å². The van der Waals surface area contributed by atoms with E-state index in [0.29, 0.717) is 0 Å². The molecule has 0 N–H and O–H groups in total. The van der Waals surface area contributed by atoms with Gasteiger partial charge in [-0.05, 0) is 109 Å². The Morgan fingerprint density at radius 2 is 0.712 bits per heavy atom. The minimum Gasteiger partial charge on any atom is -0.310 e. The number of hydrogen-bond donors (Lipinski definition) is 0. The molecule has 0 atom stereocenters. The van der Waals surface area contributed by atoms with Gasteiger partial charge < -0.3 is 4.90 Å². The number of rotatable bonds is 7. The molecule has 0 radical (unpaired) electrons. The van der Waals surface area contributed by atoms with Crippen molar-refractivity contribution in [3.8, 4) is 44.5 Å². The second kappa shape index (κ2) is 13.8. The molecule has 0 aromatic heterocycles. The average Bonchev–Trinajstić information content (AvgIpc) is 3.22. The van der Waals surface area contributed by atoms with Gasteiger partial charge in [0.05, 0.1) is 0 Å². The summed E-state index contributed by atoms with van der Waals surface area (Å²) in [6.45, 7) is 0. The average molecular weight is 729 g/mol. The Bertz CT molecular complexity index is 2540. The van der Waals surface area contributed by atoms with Gasteiger partial charge in [0.15, 0.2) is 0 Å². The van der Waals surface area contributed by atoms with Gasteiger partial charge in [-0.25, -0.2) is 0 Å². The zero-order valence-corrected chi connectivity index (χ0v) is 30.0. The molecule has 0 aliphatic rings. The summed E-state index contributed by atoms with van der Waals surface area (Å²) in [5.74, 6) is 0. The predicted octanol–water partition coefficient (Wildman–Crippen LogP) is 14.9. The molecule has 0 aliphatic heterocycles. The molecule has 246 valence electrons. The van der Waals surface area contributed by atoms with Gasteiger partial charge in [0.1, 0.15) is 0 Å². The van der Waals surface area contributed by atoms with Crippen LogP contribution in [0.2, 0.25) is 0 Å². The van der Waals surface area contributed by atoms with Crippen LogP contribution in [-0.2, 0) is 0 Å². The van der Waals surface area contributed by atoms with Gasteiger partial charge >= 0.3 is 0 Å². The first-order chi connectivity index (χ1) is 25.7. The van der Waals surface area contributed by atoms with Crippen LogP contribution >= 0.6 is 15.9 Å². The number of anilines is 3. The van der Waals surface area contributed by atoms with Crippen LogP contribution in [0, 0.1) is 0 Å². The third-order valence-electron chi connectivity index (χ3n) is 9.96. The number of hydrogen-bond acceptors (Lipinski definition) is 1. The van der Waals surface area contributed by atoms with Gasteiger partial charge in [-0.1, -0.05) is 180 Å². The second-order valence-electron chi connectivity index (χ2n) is 13.1. The third kappa shape index (κ3) is 5.98. The van der Waals surface area contributed by atoms with Crippen molar-refractivity contribution >= 4 is 54.5 Å². The third-order valence-corrected chi connectivity index (χ3v) is 10.7. The molecule has 0 heterocycles. The maximum Gasteiger partial charge on any atom is 0.0468 e. The smallest absolute Gasteiger partial charge is 0.0468 e. The number of nitrogens with zero attached hydrogens (tertiary/aromatic N) is 1. The summed E-state index contributed by atoms with van der Waals surface area (Å²) in [6.07, 6.45) is 0. The van der Waals surface area contributed by atoms with Crippen molar-refractivity contribution in [2.75, 3.05) is 4.90 Å². The first kappa shape index (κ1) is 31.7. The van der Waals surface area contributed by atoms with Crippen LogP contribution in [0.4, 0.5) is 17.1 Å². The topological polar surface area (TPSA) is 3.24 Å². The van der Waals surface area contributed by atoms with E-state index < -0.39 is 0 Å². The molecule has 0 amide bonds. The van der Waals surface area contributed by atoms with Gasteiger partial charge in [0.25, 0.3) is 0 Å². The number of fused-ring (bicyclic) bond motifs is 2. The van der Waals surface area contributed by atoms with E-state index in [0.717, 1.165) is 27.1 Å². The lowest BCUT2D eigenvalue weighted by atomic mass is 9.94. The lowest BCUT2D eigenvalue weighted by Crippen LogP contribution is -2.10. The van der Waals surface area contributed by atoms with Crippen molar-refractivity contribution < 1.29 is 0 Å². The Morgan fingerprint density at radius 1 is 0.288 bits per heavy atom. The van der Waals surface area contributed by atoms with Gasteiger partial charge in [0.2, 0.25) is 0 Å². The predicted molar refractivity (Wildman–Crippen MR) is 226 cm³/mol. The standard InChI is InChI=1S/C50H34BrN/c51-50-33-32-42(34-49(50)48-21-9-8-20-47(48)35-12-2-1-3-13-35)52(40-28-24-38(25-29-40)45-22-10-16-36-14-4-6-18-43(36)45)41-30-26-39(27-31-41)46-23-11-17-37-15-5-7-19-44(37)46/h1-34H. The summed E-state index contributed by atoms with van der Waals surface area (Å²) < 4.78 is 1.05. The van der Waals surface area contributed by atoms with Crippen molar-refractivity contribution in [3.05, 3.63) is 211 Å². The normalized spacial score (nSPS) is 11.2. The minimum absolute atomic E-state index is 1.05. The Labute approximate surface area is 313 Å². The monoisotopic (exact) mass is 727 g/mol. The molecule has 0 saturated heterocycles. The first-order valence-electron chi connectivity index (χ1n) is 17.6. The highest BCUT2D eigenvalue weighted by Gasteiger charge is 2.18. The molecule has 0 bridgehead atoms. The summed E-state index contributed by atoms with van der Waals surface area (Å²) in [5.41, 5.74) is 12.8. The van der Waals surface area contributed by atoms with E-state index in [-0.39, 0.29) is 0 Å². The highest BCUT2D eigenvalue weighted by molar-refractivity contribution is 9.10. The fourth-order valence-corrected chi connectivity index (χ4v) is 7.89. The molecule has 0 aliphatic carbocycles. The van der Waals surface area contributed by atoms with Crippen LogP contribution in [0.5, 0.6) is 0 Å². The summed E-state index contributed by atoms with van der Waals surface area (Å²) in [7, 11) is 0. The van der Waals surface area contributed by atoms with Gasteiger partial charge in [-0.3, -0.25) is 0 Å². The Morgan fingerprint density at radius 3 is 1.29 bits per heavy atom. The second-order valence-corrected chi connectivity index (χ2v) is 13.9. The van der Waals surface area contributed by atoms with Gasteiger partial charge in [-0.2, -0.15) is 0 Å². The molecule has 52 heavy (non-hydrogen) atoms. The maximum absolute atomic E-state index is 3.93. The molecule has 1 nitrogen and oxygen atoms in total. The summed E-state index contributed by atoms with van der Waals surface area (Å²) >= 11 is 3.93. The Kier molecular flexibility index (Phi) is 8.44. The molecular formula is C50H34BrN. The van der Waals surface area contributed by atoms with Crippen LogP contribution in [0.25, 0.3) is 66.1 Å². The quantitative estimate of drug-likeness (QED) is 0.158. The molecule has 9 aromatic rings. The molecule has 9 rings (SSSR count). The van der Waals surface area contributed by atoms with E-state index in [9.17, 15) is 0 Å². The summed E-state index contributed by atoms with van der Waals surface area (Å²) in [4.78, 5) is 2.36. The SMILES string of the molecule is Brc1ccc(N(c2ccc(-c3cccc4ccccc34)cc2)c2ccc(-c3cccc4ccccc34)cc2)cc1-c1ccccc1-c1ccccc1. The Balaban J connectivity index is 1.17. The van der Waals surface area contributed by atoms with Crippen molar-refractivity contribution in [1.82, 2.24) is 0 Å². The zero-order chi connectivity index (χ0) is 34.9. The Hall–Kier alpha value is -6.22. The van der Waals surface area contributed by atoms with E-state index in [4.69, 9.17) is 0 Å². The molecular weight excluding hydrogens is 694 g/mol. The van der Waals surface area contributed by atoms with Crippen LogP contribution in [0.15, 0.2) is 211 Å².